The van der Waals surface area contributed by atoms with E-state index >= 15 is 0 Å². The molecular formula is C28H37NO7. The Morgan fingerprint density at radius 3 is 2.17 bits per heavy atom. The minimum absolute atomic E-state index is 0.225. The molecule has 0 unspecified atom stereocenters. The van der Waals surface area contributed by atoms with Crippen LogP contribution in [-0.4, -0.2) is 57.3 Å². The van der Waals surface area contributed by atoms with E-state index in [2.05, 4.69) is 5.32 Å². The monoisotopic (exact) mass is 499 g/mol. The van der Waals surface area contributed by atoms with E-state index in [-0.39, 0.29) is 6.10 Å². The Kier molecular flexibility index (Phi) is 8.26. The summed E-state index contributed by atoms with van der Waals surface area (Å²) in [5, 5.41) is 13.4. The predicted octanol–water partition coefficient (Wildman–Crippen LogP) is 5.19. The summed E-state index contributed by atoms with van der Waals surface area (Å²) in [6.45, 7) is 3.13. The minimum Gasteiger partial charge on any atom is -0.496 e. The Morgan fingerprint density at radius 2 is 1.61 bits per heavy atom. The van der Waals surface area contributed by atoms with Crippen LogP contribution in [0.1, 0.15) is 49.7 Å². The fourth-order valence-corrected chi connectivity index (χ4v) is 5.23. The Bertz CT molecular complexity index is 1050. The average molecular weight is 500 g/mol. The normalized spacial score (nSPS) is 17.6. The lowest BCUT2D eigenvalue weighted by atomic mass is 9.89. The molecule has 8 heteroatoms. The highest BCUT2D eigenvalue weighted by atomic mass is 16.5. The maximum atomic E-state index is 12.3. The number of hydrogen-bond acceptors (Lipinski definition) is 7. The average Bonchev–Trinajstić information content (AvgIpc) is 3.41. The van der Waals surface area contributed by atoms with Gasteiger partial charge in [0.25, 0.3) is 0 Å². The van der Waals surface area contributed by atoms with Gasteiger partial charge in [-0.1, -0.05) is 12.8 Å². The predicted molar refractivity (Wildman–Crippen MR) is 137 cm³/mol. The summed E-state index contributed by atoms with van der Waals surface area (Å²) in [7, 11) is 4.90. The van der Waals surface area contributed by atoms with Gasteiger partial charge in [-0.25, -0.2) is 4.79 Å². The van der Waals surface area contributed by atoms with Crippen molar-refractivity contribution in [3.63, 3.8) is 0 Å². The van der Waals surface area contributed by atoms with E-state index in [9.17, 15) is 9.90 Å². The van der Waals surface area contributed by atoms with E-state index in [0.29, 0.717) is 55.6 Å². The molecule has 0 spiro atoms. The molecule has 0 aromatic heterocycles. The molecule has 0 atom stereocenters. The van der Waals surface area contributed by atoms with Crippen LogP contribution in [0.2, 0.25) is 0 Å². The van der Waals surface area contributed by atoms with Crippen molar-refractivity contribution in [3.8, 4) is 28.4 Å². The molecule has 2 aliphatic rings. The second-order valence-electron chi connectivity index (χ2n) is 9.56. The fraction of sp³-hybridized carbons (Fsp3) is 0.536. The molecule has 8 nitrogen and oxygen atoms in total. The van der Waals surface area contributed by atoms with Gasteiger partial charge in [-0.3, -0.25) is 0 Å². The van der Waals surface area contributed by atoms with Crippen molar-refractivity contribution in [2.75, 3.05) is 39.9 Å². The van der Waals surface area contributed by atoms with Crippen LogP contribution in [0.15, 0.2) is 24.3 Å². The SMILES string of the molecule is COc1cc(-c2c(COC3CCCC3)cc(NC3(C(=O)O)CCOCC3)cc2OC)cc(OC)c1C. The largest absolute Gasteiger partial charge is 0.496 e. The van der Waals surface area contributed by atoms with Gasteiger partial charge in [0, 0.05) is 48.9 Å². The van der Waals surface area contributed by atoms with Gasteiger partial charge in [-0.2, -0.15) is 0 Å². The summed E-state index contributed by atoms with van der Waals surface area (Å²) in [4.78, 5) is 12.3. The van der Waals surface area contributed by atoms with Gasteiger partial charge < -0.3 is 34.1 Å². The molecule has 1 saturated heterocycles. The molecule has 0 amide bonds. The van der Waals surface area contributed by atoms with Crippen molar-refractivity contribution >= 4 is 11.7 Å². The zero-order chi connectivity index (χ0) is 25.7. The van der Waals surface area contributed by atoms with Crippen LogP contribution in [0.5, 0.6) is 17.2 Å². The quantitative estimate of drug-likeness (QED) is 0.461. The summed E-state index contributed by atoms with van der Waals surface area (Å²) < 4.78 is 28.9. The maximum absolute atomic E-state index is 12.3. The van der Waals surface area contributed by atoms with Crippen LogP contribution in [0.4, 0.5) is 5.69 Å². The van der Waals surface area contributed by atoms with Gasteiger partial charge in [-0.05, 0) is 49.1 Å². The Labute approximate surface area is 212 Å². The van der Waals surface area contributed by atoms with Crippen molar-refractivity contribution < 1.29 is 33.6 Å². The molecule has 2 fully saturated rings. The van der Waals surface area contributed by atoms with E-state index in [1.54, 1.807) is 21.3 Å². The molecule has 2 aromatic carbocycles. The van der Waals surface area contributed by atoms with Crippen LogP contribution in [0.25, 0.3) is 11.1 Å². The molecule has 1 saturated carbocycles. The molecule has 36 heavy (non-hydrogen) atoms. The molecule has 2 N–H and O–H groups in total. The van der Waals surface area contributed by atoms with Crippen molar-refractivity contribution in [2.45, 2.75) is 63.7 Å². The first-order chi connectivity index (χ1) is 17.4. The zero-order valence-corrected chi connectivity index (χ0v) is 21.6. The third-order valence-corrected chi connectivity index (χ3v) is 7.36. The van der Waals surface area contributed by atoms with Crippen molar-refractivity contribution in [1.82, 2.24) is 0 Å². The minimum atomic E-state index is -1.09. The Hall–Kier alpha value is -2.97. The standard InChI is InChI=1S/C28H37NO7/c1-18-23(32-2)14-19(15-24(18)33-3)26-20(17-36-22-7-5-6-8-22)13-21(16-25(26)34-4)29-28(27(30)31)9-11-35-12-10-28/h13-16,22,29H,5-12,17H2,1-4H3,(H,30,31). The number of hydrogen-bond donors (Lipinski definition) is 2. The van der Waals surface area contributed by atoms with Gasteiger partial charge in [0.15, 0.2) is 0 Å². The highest BCUT2D eigenvalue weighted by Crippen LogP contribution is 2.43. The summed E-state index contributed by atoms with van der Waals surface area (Å²) in [5.74, 6) is 1.16. The van der Waals surface area contributed by atoms with Crippen LogP contribution >= 0.6 is 0 Å². The van der Waals surface area contributed by atoms with Crippen LogP contribution in [0.3, 0.4) is 0 Å². The number of benzene rings is 2. The first-order valence-electron chi connectivity index (χ1n) is 12.6. The second-order valence-corrected chi connectivity index (χ2v) is 9.56. The van der Waals surface area contributed by atoms with Crippen molar-refractivity contribution in [3.05, 3.63) is 35.4 Å². The molecular weight excluding hydrogens is 462 g/mol. The number of anilines is 1. The van der Waals surface area contributed by atoms with E-state index in [1.807, 2.05) is 31.2 Å². The Morgan fingerprint density at radius 1 is 1.00 bits per heavy atom. The van der Waals surface area contributed by atoms with Gasteiger partial charge in [-0.15, -0.1) is 0 Å². The first kappa shape index (κ1) is 26.1. The highest BCUT2D eigenvalue weighted by molar-refractivity contribution is 5.85. The third-order valence-electron chi connectivity index (χ3n) is 7.36. The van der Waals surface area contributed by atoms with E-state index < -0.39 is 11.5 Å². The molecule has 4 rings (SSSR count). The highest BCUT2D eigenvalue weighted by Gasteiger charge is 2.40. The van der Waals surface area contributed by atoms with Gasteiger partial charge >= 0.3 is 5.97 Å². The lowest BCUT2D eigenvalue weighted by Crippen LogP contribution is -2.50. The number of carboxylic acid groups (broad SMARTS) is 1. The van der Waals surface area contributed by atoms with Crippen molar-refractivity contribution in [2.24, 2.45) is 0 Å². The second kappa shape index (κ2) is 11.4. The smallest absolute Gasteiger partial charge is 0.329 e. The molecule has 2 aromatic rings. The molecule has 1 aliphatic carbocycles. The van der Waals surface area contributed by atoms with E-state index in [1.165, 1.54) is 12.8 Å². The van der Waals surface area contributed by atoms with Gasteiger partial charge in [0.05, 0.1) is 34.0 Å². The number of carboxylic acids is 1. The lowest BCUT2D eigenvalue weighted by molar-refractivity contribution is -0.145. The summed E-state index contributed by atoms with van der Waals surface area (Å²) in [6.07, 6.45) is 5.45. The summed E-state index contributed by atoms with van der Waals surface area (Å²) in [5.41, 5.74) is 3.15. The number of aliphatic carboxylic acids is 1. The van der Waals surface area contributed by atoms with E-state index in [0.717, 1.165) is 35.1 Å². The maximum Gasteiger partial charge on any atom is 0.329 e. The lowest BCUT2D eigenvalue weighted by Gasteiger charge is -2.35. The number of methoxy groups -OCH3 is 3. The van der Waals surface area contributed by atoms with Gasteiger partial charge in [0.2, 0.25) is 0 Å². The van der Waals surface area contributed by atoms with Crippen molar-refractivity contribution in [1.29, 1.82) is 0 Å². The molecule has 0 radical (unpaired) electrons. The number of nitrogens with one attached hydrogen (secondary N) is 1. The zero-order valence-electron chi connectivity index (χ0n) is 21.6. The van der Waals surface area contributed by atoms with E-state index in [4.69, 9.17) is 23.7 Å². The Balaban J connectivity index is 1.80. The van der Waals surface area contributed by atoms with Gasteiger partial charge in [0.1, 0.15) is 22.8 Å². The summed E-state index contributed by atoms with van der Waals surface area (Å²) >= 11 is 0. The fourth-order valence-electron chi connectivity index (χ4n) is 5.23. The molecule has 0 bridgehead atoms. The molecule has 1 heterocycles. The first-order valence-corrected chi connectivity index (χ1v) is 12.6. The number of rotatable bonds is 10. The number of ether oxygens (including phenoxy) is 5. The third kappa shape index (κ3) is 5.39. The number of carbonyl (C=O) groups is 1. The van der Waals surface area contributed by atoms with Crippen LogP contribution in [-0.2, 0) is 20.9 Å². The molecule has 196 valence electrons. The summed E-state index contributed by atoms with van der Waals surface area (Å²) in [6, 6.07) is 7.78. The van der Waals surface area contributed by atoms with Crippen LogP contribution in [0, 0.1) is 6.92 Å². The molecule has 1 aliphatic heterocycles. The topological polar surface area (TPSA) is 95.5 Å². The van der Waals surface area contributed by atoms with Crippen LogP contribution < -0.4 is 19.5 Å².